The molecule has 0 atom stereocenters. The van der Waals surface area contributed by atoms with E-state index < -0.39 is 0 Å². The maximum absolute atomic E-state index is 5.37. The van der Waals surface area contributed by atoms with E-state index >= 15 is 0 Å². The van der Waals surface area contributed by atoms with Crippen LogP contribution in [-0.4, -0.2) is 43.3 Å². The monoisotopic (exact) mass is 393 g/mol. The van der Waals surface area contributed by atoms with Gasteiger partial charge in [0.15, 0.2) is 17.5 Å². The fourth-order valence-electron chi connectivity index (χ4n) is 3.07. The first kappa shape index (κ1) is 20.3. The van der Waals surface area contributed by atoms with Crippen LogP contribution in [0, 0.1) is 0 Å². The zero-order valence-corrected chi connectivity index (χ0v) is 17.1. The van der Waals surface area contributed by atoms with Crippen LogP contribution in [0.3, 0.4) is 0 Å². The molecule has 2 aromatic carbocycles. The van der Waals surface area contributed by atoms with Crippen LogP contribution < -0.4 is 20.1 Å². The third kappa shape index (κ3) is 5.28. The summed E-state index contributed by atoms with van der Waals surface area (Å²) in [6.07, 6.45) is 6.36. The van der Waals surface area contributed by atoms with Crippen LogP contribution in [0.2, 0.25) is 0 Å². The van der Waals surface area contributed by atoms with Crippen molar-refractivity contribution >= 4 is 5.96 Å². The number of guanidine groups is 1. The van der Waals surface area contributed by atoms with E-state index in [0.717, 1.165) is 47.2 Å². The molecule has 2 N–H and O–H groups in total. The molecular formula is C22H27N5O2. The number of nitrogens with zero attached hydrogens (tertiary/aromatic N) is 3. The molecule has 3 rings (SSSR count). The summed E-state index contributed by atoms with van der Waals surface area (Å²) < 4.78 is 12.7. The molecule has 0 amide bonds. The topological polar surface area (TPSA) is 72.7 Å². The minimum Gasteiger partial charge on any atom is -0.493 e. The number of imidazole rings is 1. The first-order valence-electron chi connectivity index (χ1n) is 9.46. The third-order valence-electron chi connectivity index (χ3n) is 4.60. The van der Waals surface area contributed by atoms with Crippen molar-refractivity contribution < 1.29 is 9.47 Å². The molecule has 0 bridgehead atoms. The van der Waals surface area contributed by atoms with E-state index in [1.54, 1.807) is 33.8 Å². The van der Waals surface area contributed by atoms with Gasteiger partial charge in [-0.05, 0) is 35.7 Å². The summed E-state index contributed by atoms with van der Waals surface area (Å²) in [5.74, 6) is 2.23. The van der Waals surface area contributed by atoms with Gasteiger partial charge in [-0.1, -0.05) is 24.3 Å². The van der Waals surface area contributed by atoms with Gasteiger partial charge in [-0.15, -0.1) is 0 Å². The molecular weight excluding hydrogens is 366 g/mol. The fraction of sp³-hybridized carbons (Fsp3) is 0.273. The van der Waals surface area contributed by atoms with Crippen molar-refractivity contribution in [2.75, 3.05) is 27.8 Å². The van der Waals surface area contributed by atoms with E-state index in [4.69, 9.17) is 9.47 Å². The van der Waals surface area contributed by atoms with Crippen LogP contribution in [0.4, 0.5) is 0 Å². The van der Waals surface area contributed by atoms with Crippen LogP contribution in [0.25, 0.3) is 5.69 Å². The molecule has 0 aliphatic carbocycles. The van der Waals surface area contributed by atoms with Crippen LogP contribution in [0.15, 0.2) is 66.2 Å². The van der Waals surface area contributed by atoms with Crippen molar-refractivity contribution in [3.8, 4) is 17.2 Å². The van der Waals surface area contributed by atoms with Crippen molar-refractivity contribution in [2.45, 2.75) is 13.0 Å². The summed E-state index contributed by atoms with van der Waals surface area (Å²) in [6, 6.07) is 14.2. The molecule has 0 spiro atoms. The first-order chi connectivity index (χ1) is 14.2. The summed E-state index contributed by atoms with van der Waals surface area (Å²) >= 11 is 0. The van der Waals surface area contributed by atoms with E-state index in [2.05, 4.69) is 32.7 Å². The molecule has 1 heterocycles. The lowest BCUT2D eigenvalue weighted by Gasteiger charge is -2.15. The average molecular weight is 393 g/mol. The quantitative estimate of drug-likeness (QED) is 0.455. The van der Waals surface area contributed by atoms with Gasteiger partial charge >= 0.3 is 0 Å². The number of benzene rings is 2. The highest BCUT2D eigenvalue weighted by atomic mass is 16.5. The van der Waals surface area contributed by atoms with Gasteiger partial charge < -0.3 is 24.7 Å². The number of hydrogen-bond donors (Lipinski definition) is 2. The average Bonchev–Trinajstić information content (AvgIpc) is 3.31. The first-order valence-corrected chi connectivity index (χ1v) is 9.46. The van der Waals surface area contributed by atoms with Gasteiger partial charge in [-0.2, -0.15) is 0 Å². The Balaban J connectivity index is 1.55. The number of aliphatic imine (C=N–C) groups is 1. The van der Waals surface area contributed by atoms with Crippen molar-refractivity contribution in [3.05, 3.63) is 72.3 Å². The maximum Gasteiger partial charge on any atom is 0.191 e. The Morgan fingerprint density at radius 2 is 1.90 bits per heavy atom. The number of methoxy groups -OCH3 is 2. The lowest BCUT2D eigenvalue weighted by Crippen LogP contribution is -2.38. The Morgan fingerprint density at radius 3 is 2.62 bits per heavy atom. The minimum atomic E-state index is 0.657. The molecule has 0 aliphatic rings. The molecule has 0 fully saturated rings. The Morgan fingerprint density at radius 1 is 1.07 bits per heavy atom. The summed E-state index contributed by atoms with van der Waals surface area (Å²) in [7, 11) is 5.06. The van der Waals surface area contributed by atoms with Crippen molar-refractivity contribution in [3.63, 3.8) is 0 Å². The standard InChI is InChI=1S/C22H27N5O2/c1-23-22(25-11-10-17-8-9-20(28-2)21(14-17)29-3)26-15-18-6-4-5-7-19(18)27-13-12-24-16-27/h4-9,12-14,16H,10-11,15H2,1-3H3,(H2,23,25,26). The lowest BCUT2D eigenvalue weighted by molar-refractivity contribution is 0.354. The zero-order chi connectivity index (χ0) is 20.5. The van der Waals surface area contributed by atoms with Crippen LogP contribution >= 0.6 is 0 Å². The molecule has 3 aromatic rings. The summed E-state index contributed by atoms with van der Waals surface area (Å²) in [5, 5.41) is 6.73. The molecule has 0 unspecified atom stereocenters. The van der Waals surface area contributed by atoms with Crippen LogP contribution in [-0.2, 0) is 13.0 Å². The highest BCUT2D eigenvalue weighted by molar-refractivity contribution is 5.79. The minimum absolute atomic E-state index is 0.657. The maximum atomic E-state index is 5.37. The smallest absolute Gasteiger partial charge is 0.191 e. The Bertz CT molecular complexity index is 938. The second kappa shape index (κ2) is 10.2. The molecule has 7 nitrogen and oxygen atoms in total. The fourth-order valence-corrected chi connectivity index (χ4v) is 3.07. The molecule has 0 radical (unpaired) electrons. The lowest BCUT2D eigenvalue weighted by atomic mass is 10.1. The highest BCUT2D eigenvalue weighted by Gasteiger charge is 2.07. The third-order valence-corrected chi connectivity index (χ3v) is 4.60. The summed E-state index contributed by atoms with van der Waals surface area (Å²) in [5.41, 5.74) is 3.42. The van der Waals surface area contributed by atoms with E-state index in [-0.39, 0.29) is 0 Å². The van der Waals surface area contributed by atoms with E-state index in [0.29, 0.717) is 6.54 Å². The van der Waals surface area contributed by atoms with Crippen molar-refractivity contribution in [2.24, 2.45) is 4.99 Å². The normalized spacial score (nSPS) is 11.2. The number of aromatic nitrogens is 2. The second-order valence-corrected chi connectivity index (χ2v) is 6.39. The second-order valence-electron chi connectivity index (χ2n) is 6.39. The number of para-hydroxylation sites is 1. The number of ether oxygens (including phenoxy) is 2. The van der Waals surface area contributed by atoms with Crippen molar-refractivity contribution in [1.29, 1.82) is 0 Å². The molecule has 0 saturated heterocycles. The van der Waals surface area contributed by atoms with Crippen molar-refractivity contribution in [1.82, 2.24) is 20.2 Å². The molecule has 7 heteroatoms. The largest absolute Gasteiger partial charge is 0.493 e. The van der Waals surface area contributed by atoms with E-state index in [1.165, 1.54) is 0 Å². The predicted octanol–water partition coefficient (Wildman–Crippen LogP) is 2.80. The van der Waals surface area contributed by atoms with Crippen LogP contribution in [0.5, 0.6) is 11.5 Å². The number of rotatable bonds is 8. The van der Waals surface area contributed by atoms with Gasteiger partial charge in [0, 0.05) is 32.5 Å². The molecule has 0 saturated carbocycles. The molecule has 29 heavy (non-hydrogen) atoms. The summed E-state index contributed by atoms with van der Waals surface area (Å²) in [6.45, 7) is 1.41. The molecule has 0 aliphatic heterocycles. The molecule has 1 aromatic heterocycles. The van der Waals surface area contributed by atoms with Gasteiger partial charge in [-0.25, -0.2) is 4.98 Å². The Labute approximate surface area is 171 Å². The highest BCUT2D eigenvalue weighted by Crippen LogP contribution is 2.27. The van der Waals surface area contributed by atoms with Gasteiger partial charge in [-0.3, -0.25) is 4.99 Å². The van der Waals surface area contributed by atoms with Gasteiger partial charge in [0.2, 0.25) is 0 Å². The molecule has 152 valence electrons. The number of nitrogens with one attached hydrogen (secondary N) is 2. The van der Waals surface area contributed by atoms with Gasteiger partial charge in [0.1, 0.15) is 0 Å². The predicted molar refractivity (Wildman–Crippen MR) is 115 cm³/mol. The Hall–Kier alpha value is -3.48. The van der Waals surface area contributed by atoms with E-state index in [1.807, 2.05) is 41.1 Å². The zero-order valence-electron chi connectivity index (χ0n) is 17.1. The number of hydrogen-bond acceptors (Lipinski definition) is 4. The van der Waals surface area contributed by atoms with Crippen LogP contribution in [0.1, 0.15) is 11.1 Å². The van der Waals surface area contributed by atoms with E-state index in [9.17, 15) is 0 Å². The summed E-state index contributed by atoms with van der Waals surface area (Å²) in [4.78, 5) is 8.45. The SMILES string of the molecule is CN=C(NCCc1ccc(OC)c(OC)c1)NCc1ccccc1-n1ccnc1. The van der Waals surface area contributed by atoms with Gasteiger partial charge in [0.25, 0.3) is 0 Å². The van der Waals surface area contributed by atoms with Gasteiger partial charge in [0.05, 0.1) is 26.2 Å². The Kier molecular flexibility index (Phi) is 7.10.